The summed E-state index contributed by atoms with van der Waals surface area (Å²) >= 11 is 0. The van der Waals surface area contributed by atoms with Crippen LogP contribution in [-0.2, 0) is 23.8 Å². The minimum absolute atomic E-state index is 0.0118. The lowest BCUT2D eigenvalue weighted by atomic mass is 9.99. The summed E-state index contributed by atoms with van der Waals surface area (Å²) in [6, 6.07) is -0.811. The van der Waals surface area contributed by atoms with Crippen molar-refractivity contribution in [3.8, 4) is 0 Å². The zero-order valence-electron chi connectivity index (χ0n) is 52.2. The highest BCUT2D eigenvalue weighted by molar-refractivity contribution is 5.76. The zero-order chi connectivity index (χ0) is 58.7. The molecule has 0 radical (unpaired) electrons. The fraction of sp³-hybridized carbons (Fsp3) is 0.829. The lowest BCUT2D eigenvalue weighted by molar-refractivity contribution is -0.302. The van der Waals surface area contributed by atoms with Gasteiger partial charge >= 0.3 is 5.97 Å². The van der Waals surface area contributed by atoms with Gasteiger partial charge in [-0.2, -0.15) is 0 Å². The van der Waals surface area contributed by atoms with E-state index in [1.165, 1.54) is 205 Å². The van der Waals surface area contributed by atoms with Gasteiger partial charge in [0.25, 0.3) is 0 Å². The molecule has 11 nitrogen and oxygen atoms in total. The summed E-state index contributed by atoms with van der Waals surface area (Å²) < 4.78 is 16.7. The van der Waals surface area contributed by atoms with Gasteiger partial charge in [-0.25, -0.2) is 0 Å². The first-order chi connectivity index (χ1) is 39.7. The summed E-state index contributed by atoms with van der Waals surface area (Å²) in [5.41, 5.74) is 0. The summed E-state index contributed by atoms with van der Waals surface area (Å²) in [7, 11) is 0. The SMILES string of the molecule is CCCC/C=C\C/C=C\CCCCCCCC(=O)OCCCCCCCCCCC/C=C\C/C=C\CCCCCCCCCCCCCCCC(=O)NC(COC1OC(CO)C(O)C(O)C1O)C(O)/C=C/CCCCCCCCCC. The average molecular weight is 1140 g/mol. The Kier molecular flexibility index (Phi) is 55.7. The highest BCUT2D eigenvalue weighted by Gasteiger charge is 2.44. The van der Waals surface area contributed by atoms with Crippen LogP contribution in [0.4, 0.5) is 0 Å². The van der Waals surface area contributed by atoms with E-state index in [-0.39, 0.29) is 18.5 Å². The van der Waals surface area contributed by atoms with Crippen molar-refractivity contribution in [2.24, 2.45) is 0 Å². The van der Waals surface area contributed by atoms with Crippen LogP contribution < -0.4 is 5.32 Å². The zero-order valence-corrected chi connectivity index (χ0v) is 52.2. The van der Waals surface area contributed by atoms with Crippen LogP contribution in [0, 0.1) is 0 Å². The van der Waals surface area contributed by atoms with E-state index in [9.17, 15) is 35.1 Å². The molecule has 0 saturated carbocycles. The van der Waals surface area contributed by atoms with Crippen LogP contribution in [-0.4, -0.2) is 100 Å². The van der Waals surface area contributed by atoms with Gasteiger partial charge in [-0.3, -0.25) is 9.59 Å². The Morgan fingerprint density at radius 3 is 1.28 bits per heavy atom. The molecule has 11 heteroatoms. The summed E-state index contributed by atoms with van der Waals surface area (Å²) in [6.07, 6.45) is 67.8. The van der Waals surface area contributed by atoms with Crippen LogP contribution in [0.3, 0.4) is 0 Å². The van der Waals surface area contributed by atoms with E-state index < -0.39 is 49.5 Å². The number of aliphatic hydroxyl groups is 5. The number of unbranched alkanes of at least 4 members (excludes halogenated alkanes) is 37. The largest absolute Gasteiger partial charge is 0.466 e. The molecule has 472 valence electrons. The van der Waals surface area contributed by atoms with Gasteiger partial charge in [-0.15, -0.1) is 0 Å². The molecular weight excluding hydrogens is 1010 g/mol. The second kappa shape index (κ2) is 59.1. The number of hydrogen-bond acceptors (Lipinski definition) is 10. The molecule has 0 aromatic heterocycles. The quantitative estimate of drug-likeness (QED) is 0.0195. The molecule has 7 unspecified atom stereocenters. The standard InChI is InChI=1S/C70H127NO10/c1-3-5-7-9-11-13-15-16-35-38-42-46-50-54-58-66(75)79-59-55-51-47-43-39-36-33-31-29-27-25-23-21-19-17-18-20-22-24-26-28-30-32-34-37-41-45-49-53-57-65(74)71-62(61-80-70-69(78)68(77)67(76)64(60-72)81-70)63(73)56-52-48-44-40-14-12-10-8-6-4-2/h9,11,15-17,19,23,25,52,56,62-64,67-70,72-73,76-78H,3-8,10,12-14,18,20-22,24,26-51,53-55,57-61H2,1-2H3,(H,71,74)/b11-9-,16-15-,19-17-,25-23-,56-52+. The highest BCUT2D eigenvalue weighted by Crippen LogP contribution is 2.23. The van der Waals surface area contributed by atoms with Crippen molar-refractivity contribution in [2.75, 3.05) is 19.8 Å². The number of nitrogens with one attached hydrogen (secondary N) is 1. The molecule has 1 heterocycles. The molecule has 0 aromatic rings. The molecule has 7 atom stereocenters. The lowest BCUT2D eigenvalue weighted by Crippen LogP contribution is -2.60. The second-order valence-electron chi connectivity index (χ2n) is 23.5. The molecule has 0 aliphatic carbocycles. The summed E-state index contributed by atoms with van der Waals surface area (Å²) in [5, 5.41) is 54.3. The van der Waals surface area contributed by atoms with Gasteiger partial charge < -0.3 is 45.1 Å². The predicted octanol–water partition coefficient (Wildman–Crippen LogP) is 17.0. The third-order valence-corrected chi connectivity index (χ3v) is 15.8. The topological polar surface area (TPSA) is 175 Å². The molecule has 6 N–H and O–H groups in total. The number of allylic oxidation sites excluding steroid dienone is 9. The Bertz CT molecular complexity index is 1530. The van der Waals surface area contributed by atoms with E-state index in [0.717, 1.165) is 77.0 Å². The third kappa shape index (κ3) is 48.3. The number of hydrogen-bond donors (Lipinski definition) is 6. The molecule has 1 aliphatic heterocycles. The van der Waals surface area contributed by atoms with Gasteiger partial charge in [0.2, 0.25) is 5.91 Å². The molecular formula is C70H127NO10. The Morgan fingerprint density at radius 2 is 0.840 bits per heavy atom. The molecule has 0 spiro atoms. The first-order valence-corrected chi connectivity index (χ1v) is 34.1. The molecule has 1 fully saturated rings. The van der Waals surface area contributed by atoms with Crippen molar-refractivity contribution in [3.05, 3.63) is 60.8 Å². The average Bonchev–Trinajstić information content (AvgIpc) is 3.47. The maximum Gasteiger partial charge on any atom is 0.305 e. The second-order valence-corrected chi connectivity index (χ2v) is 23.5. The minimum atomic E-state index is -1.57. The number of carbonyl (C=O) groups is 2. The Labute approximate surface area is 497 Å². The van der Waals surface area contributed by atoms with Gasteiger partial charge in [-0.1, -0.05) is 267 Å². The van der Waals surface area contributed by atoms with E-state index in [1.807, 2.05) is 6.08 Å². The molecule has 0 aromatic carbocycles. The molecule has 1 aliphatic rings. The third-order valence-electron chi connectivity index (χ3n) is 15.8. The fourth-order valence-electron chi connectivity index (χ4n) is 10.4. The Hall–Kier alpha value is -2.64. The van der Waals surface area contributed by atoms with Crippen LogP contribution in [0.2, 0.25) is 0 Å². The monoisotopic (exact) mass is 1140 g/mol. The summed E-state index contributed by atoms with van der Waals surface area (Å²) in [5.74, 6) is -0.196. The first kappa shape index (κ1) is 76.4. The van der Waals surface area contributed by atoms with Crippen molar-refractivity contribution in [1.82, 2.24) is 5.32 Å². The summed E-state index contributed by atoms with van der Waals surface area (Å²) in [4.78, 5) is 25.1. The molecule has 1 amide bonds. The first-order valence-electron chi connectivity index (χ1n) is 34.1. The van der Waals surface area contributed by atoms with Gasteiger partial charge in [0.1, 0.15) is 24.4 Å². The number of amides is 1. The van der Waals surface area contributed by atoms with E-state index in [1.54, 1.807) is 6.08 Å². The van der Waals surface area contributed by atoms with Crippen molar-refractivity contribution in [2.45, 2.75) is 352 Å². The van der Waals surface area contributed by atoms with E-state index in [2.05, 4.69) is 67.8 Å². The van der Waals surface area contributed by atoms with Gasteiger partial charge in [0.15, 0.2) is 6.29 Å². The van der Waals surface area contributed by atoms with E-state index in [4.69, 9.17) is 14.2 Å². The van der Waals surface area contributed by atoms with Crippen LogP contribution in [0.15, 0.2) is 60.8 Å². The minimum Gasteiger partial charge on any atom is -0.466 e. The molecule has 81 heavy (non-hydrogen) atoms. The van der Waals surface area contributed by atoms with Crippen LogP contribution in [0.25, 0.3) is 0 Å². The van der Waals surface area contributed by atoms with Crippen molar-refractivity contribution < 1.29 is 49.3 Å². The fourth-order valence-corrected chi connectivity index (χ4v) is 10.4. The summed E-state index contributed by atoms with van der Waals surface area (Å²) in [6.45, 7) is 4.29. The smallest absolute Gasteiger partial charge is 0.305 e. The Morgan fingerprint density at radius 1 is 0.457 bits per heavy atom. The number of ether oxygens (including phenoxy) is 3. The van der Waals surface area contributed by atoms with Crippen LogP contribution >= 0.6 is 0 Å². The lowest BCUT2D eigenvalue weighted by Gasteiger charge is -2.40. The van der Waals surface area contributed by atoms with Crippen molar-refractivity contribution >= 4 is 11.9 Å². The molecule has 1 saturated heterocycles. The van der Waals surface area contributed by atoms with Gasteiger partial charge in [0.05, 0.1) is 32.0 Å². The predicted molar refractivity (Wildman–Crippen MR) is 338 cm³/mol. The maximum atomic E-state index is 13.0. The normalized spacial score (nSPS) is 18.6. The van der Waals surface area contributed by atoms with Crippen LogP contribution in [0.1, 0.15) is 309 Å². The van der Waals surface area contributed by atoms with Crippen molar-refractivity contribution in [3.63, 3.8) is 0 Å². The van der Waals surface area contributed by atoms with E-state index in [0.29, 0.717) is 19.4 Å². The Balaban J connectivity index is 1.96. The number of carbonyl (C=O) groups excluding carboxylic acids is 2. The number of aliphatic hydroxyl groups excluding tert-OH is 5. The van der Waals surface area contributed by atoms with E-state index >= 15 is 0 Å². The molecule has 0 bridgehead atoms. The van der Waals surface area contributed by atoms with Crippen LogP contribution in [0.5, 0.6) is 0 Å². The maximum absolute atomic E-state index is 13.0. The highest BCUT2D eigenvalue weighted by atomic mass is 16.7. The number of esters is 1. The van der Waals surface area contributed by atoms with Gasteiger partial charge in [0, 0.05) is 12.8 Å². The van der Waals surface area contributed by atoms with Gasteiger partial charge in [-0.05, 0) is 89.9 Å². The number of rotatable bonds is 59. The van der Waals surface area contributed by atoms with Crippen molar-refractivity contribution in [1.29, 1.82) is 0 Å². The molecule has 1 rings (SSSR count).